The molecule has 1 heterocycles. The minimum absolute atomic E-state index is 0.00905. The molecule has 0 saturated carbocycles. The Morgan fingerprint density at radius 3 is 2.46 bits per heavy atom. The number of morpholine rings is 1. The number of benzene rings is 1. The molecule has 7 nitrogen and oxygen atoms in total. The van der Waals surface area contributed by atoms with Crippen molar-refractivity contribution >= 4 is 17.5 Å². The molecule has 1 aliphatic rings. The topological polar surface area (TPSA) is 77.1 Å². The molecule has 28 heavy (non-hydrogen) atoms. The molecule has 0 unspecified atom stereocenters. The molecule has 0 radical (unpaired) electrons. The first-order valence-electron chi connectivity index (χ1n) is 9.93. The quantitative estimate of drug-likeness (QED) is 0.620. The van der Waals surface area contributed by atoms with Crippen LogP contribution in [0.15, 0.2) is 24.3 Å². The van der Waals surface area contributed by atoms with Gasteiger partial charge in [-0.05, 0) is 37.6 Å². The molecule has 1 aliphatic heterocycles. The average Bonchev–Trinajstić information content (AvgIpc) is 2.73. The summed E-state index contributed by atoms with van der Waals surface area (Å²) in [5.41, 5.74) is -0.190. The first-order chi connectivity index (χ1) is 13.5. The van der Waals surface area contributed by atoms with Gasteiger partial charge in [-0.1, -0.05) is 26.2 Å². The lowest BCUT2D eigenvalue weighted by atomic mass is 9.97. The van der Waals surface area contributed by atoms with E-state index >= 15 is 0 Å². The molecule has 0 bridgehead atoms. The molecule has 1 fully saturated rings. The van der Waals surface area contributed by atoms with Gasteiger partial charge in [-0.2, -0.15) is 0 Å². The highest BCUT2D eigenvalue weighted by Crippen LogP contribution is 2.22. The molecular formula is C21H32N2O5. The smallest absolute Gasteiger partial charge is 0.260 e. The monoisotopic (exact) mass is 392 g/mol. The maximum absolute atomic E-state index is 12.6. The summed E-state index contributed by atoms with van der Waals surface area (Å²) in [4.78, 5) is 26.5. The standard InChI is InChI=1S/C21H32N2O5/c1-4-5-6-11-21(2,26-3)20(25)22-17-7-9-18(10-8-17)28-16-19(24)23-12-14-27-15-13-23/h7-10H,4-6,11-16H2,1-3H3,(H,22,25)/t21-/m1/s1. The molecule has 1 N–H and O–H groups in total. The predicted octanol–water partition coefficient (Wildman–Crippen LogP) is 2.85. The van der Waals surface area contributed by atoms with Gasteiger partial charge in [0.25, 0.3) is 11.8 Å². The second-order valence-electron chi connectivity index (χ2n) is 7.15. The van der Waals surface area contributed by atoms with Crippen LogP contribution in [0, 0.1) is 0 Å². The molecule has 0 aliphatic carbocycles. The Hall–Kier alpha value is -2.12. The Morgan fingerprint density at radius 1 is 1.18 bits per heavy atom. The average molecular weight is 392 g/mol. The highest BCUT2D eigenvalue weighted by Gasteiger charge is 2.32. The van der Waals surface area contributed by atoms with Crippen LogP contribution in [0.2, 0.25) is 0 Å². The fraction of sp³-hybridized carbons (Fsp3) is 0.619. The van der Waals surface area contributed by atoms with Gasteiger partial charge in [0.1, 0.15) is 11.4 Å². The molecule has 1 aromatic rings. The SMILES string of the molecule is CCCCC[C@@](C)(OC)C(=O)Nc1ccc(OCC(=O)N2CCOCC2)cc1. The van der Waals surface area contributed by atoms with E-state index in [1.165, 1.54) is 0 Å². The van der Waals surface area contributed by atoms with E-state index in [-0.39, 0.29) is 18.4 Å². The van der Waals surface area contributed by atoms with Crippen molar-refractivity contribution in [2.75, 3.05) is 45.3 Å². The Bertz CT molecular complexity index is 628. The summed E-state index contributed by atoms with van der Waals surface area (Å²) in [6.07, 6.45) is 3.78. The molecule has 0 aromatic heterocycles. The van der Waals surface area contributed by atoms with Gasteiger partial charge in [-0.15, -0.1) is 0 Å². The van der Waals surface area contributed by atoms with E-state index in [1.807, 2.05) is 6.92 Å². The number of nitrogens with zero attached hydrogens (tertiary/aromatic N) is 1. The highest BCUT2D eigenvalue weighted by atomic mass is 16.5. The summed E-state index contributed by atoms with van der Waals surface area (Å²) in [6, 6.07) is 7.00. The summed E-state index contributed by atoms with van der Waals surface area (Å²) in [6.45, 7) is 6.27. The molecule has 2 rings (SSSR count). The van der Waals surface area contributed by atoms with Crippen LogP contribution in [0.5, 0.6) is 5.75 Å². The van der Waals surface area contributed by atoms with Crippen molar-refractivity contribution in [2.24, 2.45) is 0 Å². The fourth-order valence-electron chi connectivity index (χ4n) is 2.97. The first-order valence-corrected chi connectivity index (χ1v) is 9.93. The summed E-state index contributed by atoms with van der Waals surface area (Å²) < 4.78 is 16.3. The van der Waals surface area contributed by atoms with E-state index in [0.717, 1.165) is 19.3 Å². The van der Waals surface area contributed by atoms with E-state index in [4.69, 9.17) is 14.2 Å². The molecule has 1 atom stereocenters. The number of amides is 2. The van der Waals surface area contributed by atoms with Crippen molar-refractivity contribution < 1.29 is 23.8 Å². The number of carbonyl (C=O) groups is 2. The van der Waals surface area contributed by atoms with E-state index in [0.29, 0.717) is 44.2 Å². The number of ether oxygens (including phenoxy) is 3. The van der Waals surface area contributed by atoms with Gasteiger partial charge in [-0.3, -0.25) is 9.59 Å². The Kier molecular flexibility index (Phi) is 8.73. The summed E-state index contributed by atoms with van der Waals surface area (Å²) >= 11 is 0. The van der Waals surface area contributed by atoms with Crippen LogP contribution < -0.4 is 10.1 Å². The third kappa shape index (κ3) is 6.49. The second kappa shape index (κ2) is 11.0. The van der Waals surface area contributed by atoms with Crippen LogP contribution >= 0.6 is 0 Å². The molecule has 2 amide bonds. The van der Waals surface area contributed by atoms with Crippen LogP contribution in [-0.2, 0) is 19.1 Å². The number of nitrogens with one attached hydrogen (secondary N) is 1. The van der Waals surface area contributed by atoms with Gasteiger partial charge in [0, 0.05) is 25.9 Å². The third-order valence-electron chi connectivity index (χ3n) is 5.03. The number of hydrogen-bond acceptors (Lipinski definition) is 5. The first kappa shape index (κ1) is 22.2. The van der Waals surface area contributed by atoms with E-state index in [9.17, 15) is 9.59 Å². The van der Waals surface area contributed by atoms with Crippen LogP contribution in [0.25, 0.3) is 0 Å². The van der Waals surface area contributed by atoms with Gasteiger partial charge in [-0.25, -0.2) is 0 Å². The van der Waals surface area contributed by atoms with E-state index < -0.39 is 5.60 Å². The van der Waals surface area contributed by atoms with E-state index in [1.54, 1.807) is 36.3 Å². The number of unbranched alkanes of at least 4 members (excludes halogenated alkanes) is 2. The maximum Gasteiger partial charge on any atom is 0.260 e. The lowest BCUT2D eigenvalue weighted by Gasteiger charge is -2.27. The van der Waals surface area contributed by atoms with Crippen LogP contribution in [0.3, 0.4) is 0 Å². The molecule has 1 saturated heterocycles. The second-order valence-corrected chi connectivity index (χ2v) is 7.15. The Labute approximate surface area is 167 Å². The lowest BCUT2D eigenvalue weighted by Crippen LogP contribution is -2.43. The fourth-order valence-corrected chi connectivity index (χ4v) is 2.97. The van der Waals surface area contributed by atoms with Gasteiger partial charge in [0.15, 0.2) is 6.61 Å². The molecule has 1 aromatic carbocycles. The number of anilines is 1. The van der Waals surface area contributed by atoms with Crippen molar-refractivity contribution in [2.45, 2.75) is 45.1 Å². The van der Waals surface area contributed by atoms with Gasteiger partial charge in [0.2, 0.25) is 0 Å². The van der Waals surface area contributed by atoms with Gasteiger partial charge in [0.05, 0.1) is 13.2 Å². The highest BCUT2D eigenvalue weighted by molar-refractivity contribution is 5.97. The molecule has 156 valence electrons. The van der Waals surface area contributed by atoms with Crippen LogP contribution in [0.4, 0.5) is 5.69 Å². The Balaban J connectivity index is 1.84. The van der Waals surface area contributed by atoms with Crippen molar-refractivity contribution in [3.8, 4) is 5.75 Å². The summed E-state index contributed by atoms with van der Waals surface area (Å²) in [5.74, 6) is 0.364. The minimum atomic E-state index is -0.852. The van der Waals surface area contributed by atoms with Crippen molar-refractivity contribution in [1.29, 1.82) is 0 Å². The van der Waals surface area contributed by atoms with Gasteiger partial charge < -0.3 is 24.4 Å². The number of methoxy groups -OCH3 is 1. The molecule has 7 heteroatoms. The number of rotatable bonds is 10. The Morgan fingerprint density at radius 2 is 1.86 bits per heavy atom. The van der Waals surface area contributed by atoms with Gasteiger partial charge >= 0.3 is 0 Å². The van der Waals surface area contributed by atoms with E-state index in [2.05, 4.69) is 12.2 Å². The summed E-state index contributed by atoms with van der Waals surface area (Å²) in [7, 11) is 1.56. The lowest BCUT2D eigenvalue weighted by molar-refractivity contribution is -0.137. The normalized spacial score (nSPS) is 16.3. The van der Waals surface area contributed by atoms with Crippen molar-refractivity contribution in [1.82, 2.24) is 4.90 Å². The third-order valence-corrected chi connectivity index (χ3v) is 5.03. The van der Waals surface area contributed by atoms with Crippen LogP contribution in [0.1, 0.15) is 39.5 Å². The zero-order valence-electron chi connectivity index (χ0n) is 17.2. The molecule has 0 spiro atoms. The number of hydrogen-bond donors (Lipinski definition) is 1. The van der Waals surface area contributed by atoms with Crippen molar-refractivity contribution in [3.63, 3.8) is 0 Å². The number of carbonyl (C=O) groups excluding carboxylic acids is 2. The van der Waals surface area contributed by atoms with Crippen LogP contribution in [-0.4, -0.2) is 62.3 Å². The zero-order chi connectivity index (χ0) is 20.4. The maximum atomic E-state index is 12.6. The predicted molar refractivity (Wildman–Crippen MR) is 108 cm³/mol. The van der Waals surface area contributed by atoms with Crippen molar-refractivity contribution in [3.05, 3.63) is 24.3 Å². The summed E-state index contributed by atoms with van der Waals surface area (Å²) in [5, 5.41) is 2.90. The zero-order valence-corrected chi connectivity index (χ0v) is 17.2. The largest absolute Gasteiger partial charge is 0.484 e. The minimum Gasteiger partial charge on any atom is -0.484 e. The molecular weight excluding hydrogens is 360 g/mol.